The minimum atomic E-state index is -4.63. The molecule has 0 aliphatic heterocycles. The van der Waals surface area contributed by atoms with Crippen LogP contribution in [0.5, 0.6) is 0 Å². The Hall–Kier alpha value is -2.39. The molecule has 0 amide bonds. The van der Waals surface area contributed by atoms with E-state index in [9.17, 15) is 18.0 Å². The van der Waals surface area contributed by atoms with Gasteiger partial charge in [-0.3, -0.25) is 0 Å². The molecular formula is C13H6Cl2F3N5O. The largest absolute Gasteiger partial charge is 0.436 e. The number of rotatable bonds is 2. The summed E-state index contributed by atoms with van der Waals surface area (Å²) >= 11 is 11.8. The highest BCUT2D eigenvalue weighted by molar-refractivity contribution is 6.31. The Morgan fingerprint density at radius 2 is 1.92 bits per heavy atom. The van der Waals surface area contributed by atoms with Crippen LogP contribution in [0.1, 0.15) is 5.69 Å². The third kappa shape index (κ3) is 3.00. The van der Waals surface area contributed by atoms with Crippen molar-refractivity contribution >= 4 is 23.4 Å². The molecule has 0 N–H and O–H groups in total. The molecule has 0 aliphatic carbocycles. The summed E-state index contributed by atoms with van der Waals surface area (Å²) in [6.45, 7) is 0. The van der Waals surface area contributed by atoms with E-state index >= 15 is 0 Å². The zero-order valence-electron chi connectivity index (χ0n) is 11.5. The molecule has 0 radical (unpaired) electrons. The maximum absolute atomic E-state index is 12.7. The zero-order valence-corrected chi connectivity index (χ0v) is 13.0. The summed E-state index contributed by atoms with van der Waals surface area (Å²) in [5.74, 6) is 0. The second kappa shape index (κ2) is 5.91. The van der Waals surface area contributed by atoms with E-state index in [4.69, 9.17) is 23.4 Å². The Morgan fingerprint density at radius 1 is 1.17 bits per heavy atom. The van der Waals surface area contributed by atoms with Crippen LogP contribution in [0.2, 0.25) is 5.02 Å². The molecule has 3 rings (SSSR count). The SMILES string of the molecule is O=c1nccc(-c2cc(Cl)ccc2-n2cc(C(F)(F)F)nn2)n1Cl. The lowest BCUT2D eigenvalue weighted by Crippen LogP contribution is -2.17. The summed E-state index contributed by atoms with van der Waals surface area (Å²) in [5.41, 5.74) is -1.20. The summed E-state index contributed by atoms with van der Waals surface area (Å²) < 4.78 is 39.8. The molecule has 11 heteroatoms. The maximum Gasteiger partial charge on any atom is 0.436 e. The molecule has 124 valence electrons. The van der Waals surface area contributed by atoms with E-state index < -0.39 is 17.6 Å². The third-order valence-electron chi connectivity index (χ3n) is 3.06. The van der Waals surface area contributed by atoms with Crippen LogP contribution in [0.4, 0.5) is 13.2 Å². The van der Waals surface area contributed by atoms with E-state index in [0.29, 0.717) is 5.02 Å². The van der Waals surface area contributed by atoms with Gasteiger partial charge in [-0.25, -0.2) is 18.5 Å². The highest BCUT2D eigenvalue weighted by Crippen LogP contribution is 2.31. The van der Waals surface area contributed by atoms with E-state index in [2.05, 4.69) is 15.3 Å². The Balaban J connectivity index is 2.22. The standard InChI is InChI=1S/C13H6Cl2F3N5O/c14-7-1-2-9(22-6-11(20-21-22)13(16,17)18)8(5-7)10-3-4-19-12(24)23(10)15/h1-6H. The molecule has 24 heavy (non-hydrogen) atoms. The second-order valence-electron chi connectivity index (χ2n) is 4.60. The van der Waals surface area contributed by atoms with Gasteiger partial charge in [0, 0.05) is 28.6 Å². The topological polar surface area (TPSA) is 65.6 Å². The molecule has 0 fully saturated rings. The lowest BCUT2D eigenvalue weighted by Gasteiger charge is -2.11. The van der Waals surface area contributed by atoms with Crippen molar-refractivity contribution in [2.24, 2.45) is 0 Å². The highest BCUT2D eigenvalue weighted by atomic mass is 35.5. The van der Waals surface area contributed by atoms with Gasteiger partial charge in [-0.05, 0) is 24.3 Å². The first-order valence-corrected chi connectivity index (χ1v) is 7.03. The van der Waals surface area contributed by atoms with Gasteiger partial charge in [0.2, 0.25) is 0 Å². The third-order valence-corrected chi connectivity index (χ3v) is 3.62. The molecule has 0 atom stereocenters. The predicted molar refractivity (Wildman–Crippen MR) is 80.1 cm³/mol. The number of hydrogen-bond acceptors (Lipinski definition) is 4. The smallest absolute Gasteiger partial charge is 0.244 e. The van der Waals surface area contributed by atoms with Crippen LogP contribution in [0.15, 0.2) is 41.5 Å². The average molecular weight is 376 g/mol. The first kappa shape index (κ1) is 16.5. The molecule has 0 unspecified atom stereocenters. The first-order valence-electron chi connectivity index (χ1n) is 6.31. The van der Waals surface area contributed by atoms with Crippen molar-refractivity contribution in [2.45, 2.75) is 6.18 Å². The lowest BCUT2D eigenvalue weighted by molar-refractivity contribution is -0.141. The predicted octanol–water partition coefficient (Wildman–Crippen LogP) is 3.17. The van der Waals surface area contributed by atoms with Crippen molar-refractivity contribution in [3.05, 3.63) is 57.9 Å². The highest BCUT2D eigenvalue weighted by Gasteiger charge is 2.34. The summed E-state index contributed by atoms with van der Waals surface area (Å²) in [6, 6.07) is 5.77. The van der Waals surface area contributed by atoms with E-state index in [0.717, 1.165) is 15.0 Å². The molecule has 0 spiro atoms. The number of hydrogen-bond donors (Lipinski definition) is 0. The maximum atomic E-state index is 12.7. The lowest BCUT2D eigenvalue weighted by atomic mass is 10.1. The normalized spacial score (nSPS) is 11.7. The van der Waals surface area contributed by atoms with Crippen molar-refractivity contribution < 1.29 is 13.2 Å². The molecule has 0 saturated heterocycles. The fourth-order valence-electron chi connectivity index (χ4n) is 2.01. The van der Waals surface area contributed by atoms with Gasteiger partial charge < -0.3 is 0 Å². The van der Waals surface area contributed by atoms with Crippen molar-refractivity contribution in [2.75, 3.05) is 0 Å². The molecule has 0 saturated carbocycles. The summed E-state index contributed by atoms with van der Waals surface area (Å²) in [5, 5.41) is 6.88. The van der Waals surface area contributed by atoms with Crippen LogP contribution in [0, 0.1) is 0 Å². The Labute approximate surface area is 142 Å². The van der Waals surface area contributed by atoms with E-state index in [-0.39, 0.29) is 16.9 Å². The number of halogens is 5. The Kier molecular flexibility index (Phi) is 4.06. The molecule has 0 aliphatic rings. The average Bonchev–Trinajstić information content (AvgIpc) is 3.00. The number of nitrogens with zero attached hydrogens (tertiary/aromatic N) is 5. The monoisotopic (exact) mass is 375 g/mol. The minimum Gasteiger partial charge on any atom is -0.244 e. The quantitative estimate of drug-likeness (QED) is 0.689. The van der Waals surface area contributed by atoms with Crippen molar-refractivity contribution in [3.63, 3.8) is 0 Å². The fraction of sp³-hybridized carbons (Fsp3) is 0.0769. The van der Waals surface area contributed by atoms with Crippen LogP contribution in [0.25, 0.3) is 16.9 Å². The summed E-state index contributed by atoms with van der Waals surface area (Å²) in [7, 11) is 0. The first-order chi connectivity index (χ1) is 11.3. The fourth-order valence-corrected chi connectivity index (χ4v) is 2.37. The van der Waals surface area contributed by atoms with Gasteiger partial charge in [-0.1, -0.05) is 16.8 Å². The summed E-state index contributed by atoms with van der Waals surface area (Å²) in [6.07, 6.45) is -2.68. The molecule has 1 aromatic carbocycles. The van der Waals surface area contributed by atoms with Gasteiger partial charge in [0.05, 0.1) is 17.6 Å². The van der Waals surface area contributed by atoms with E-state index in [1.807, 2.05) is 0 Å². The van der Waals surface area contributed by atoms with Gasteiger partial charge in [0.1, 0.15) is 0 Å². The van der Waals surface area contributed by atoms with Crippen LogP contribution >= 0.6 is 23.4 Å². The number of alkyl halides is 3. The van der Waals surface area contributed by atoms with Crippen molar-refractivity contribution in [1.29, 1.82) is 0 Å². The molecule has 3 aromatic rings. The number of aromatic nitrogens is 5. The molecular weight excluding hydrogens is 370 g/mol. The second-order valence-corrected chi connectivity index (χ2v) is 5.38. The zero-order chi connectivity index (χ0) is 17.5. The minimum absolute atomic E-state index is 0.193. The van der Waals surface area contributed by atoms with Crippen LogP contribution in [0.3, 0.4) is 0 Å². The van der Waals surface area contributed by atoms with Crippen molar-refractivity contribution in [1.82, 2.24) is 24.1 Å². The van der Waals surface area contributed by atoms with Crippen LogP contribution in [-0.4, -0.2) is 24.1 Å². The van der Waals surface area contributed by atoms with Crippen molar-refractivity contribution in [3.8, 4) is 16.9 Å². The van der Waals surface area contributed by atoms with Gasteiger partial charge in [0.15, 0.2) is 5.69 Å². The van der Waals surface area contributed by atoms with Gasteiger partial charge in [-0.2, -0.15) is 13.2 Å². The van der Waals surface area contributed by atoms with E-state index in [1.54, 1.807) is 0 Å². The molecule has 0 bridgehead atoms. The van der Waals surface area contributed by atoms with Gasteiger partial charge in [0.25, 0.3) is 0 Å². The van der Waals surface area contributed by atoms with Crippen LogP contribution < -0.4 is 5.69 Å². The Bertz CT molecular complexity index is 967. The Morgan fingerprint density at radius 3 is 2.58 bits per heavy atom. The number of benzene rings is 1. The van der Waals surface area contributed by atoms with E-state index in [1.165, 1.54) is 30.5 Å². The molecule has 2 aromatic heterocycles. The van der Waals surface area contributed by atoms with Crippen LogP contribution in [-0.2, 0) is 6.18 Å². The van der Waals surface area contributed by atoms with Gasteiger partial charge >= 0.3 is 11.9 Å². The van der Waals surface area contributed by atoms with Gasteiger partial charge in [-0.15, -0.1) is 5.10 Å². The molecule has 2 heterocycles. The summed E-state index contributed by atoms with van der Waals surface area (Å²) in [4.78, 5) is 15.1. The molecule has 6 nitrogen and oxygen atoms in total.